The third kappa shape index (κ3) is 3.84. The van der Waals surface area contributed by atoms with Crippen LogP contribution in [0, 0.1) is 6.92 Å². The predicted molar refractivity (Wildman–Crippen MR) is 77.4 cm³/mol. The van der Waals surface area contributed by atoms with Crippen molar-refractivity contribution >= 4 is 11.6 Å². The number of hydrogen-bond acceptors (Lipinski definition) is 5. The lowest BCUT2D eigenvalue weighted by atomic mass is 10.3. The summed E-state index contributed by atoms with van der Waals surface area (Å²) < 4.78 is 0. The zero-order valence-corrected chi connectivity index (χ0v) is 12.2. The van der Waals surface area contributed by atoms with Crippen LogP contribution in [0.25, 0.3) is 0 Å². The second-order valence-electron chi connectivity index (χ2n) is 4.39. The molecule has 5 heteroatoms. The predicted octanol–water partition coefficient (Wildman–Crippen LogP) is 1.75. The van der Waals surface area contributed by atoms with Crippen molar-refractivity contribution in [2.45, 2.75) is 27.2 Å². The molecule has 0 radical (unpaired) electrons. The number of likely N-dealkylation sites (N-methyl/N-ethyl adjacent to an activating group) is 1. The van der Waals surface area contributed by atoms with Gasteiger partial charge in [-0.1, -0.05) is 13.8 Å². The van der Waals surface area contributed by atoms with Gasteiger partial charge in [0.05, 0.1) is 0 Å². The SMILES string of the molecule is CCc1nc(NC)c(C)c(NCCN(C)CC)n1. The van der Waals surface area contributed by atoms with Crippen LogP contribution in [0.5, 0.6) is 0 Å². The first kappa shape index (κ1) is 14.7. The molecule has 0 amide bonds. The van der Waals surface area contributed by atoms with E-state index in [1.807, 2.05) is 14.0 Å². The average molecular weight is 251 g/mol. The van der Waals surface area contributed by atoms with Crippen molar-refractivity contribution < 1.29 is 0 Å². The van der Waals surface area contributed by atoms with Crippen LogP contribution in [-0.2, 0) is 6.42 Å². The Morgan fingerprint density at radius 1 is 1.17 bits per heavy atom. The van der Waals surface area contributed by atoms with Gasteiger partial charge in [-0.3, -0.25) is 0 Å². The highest BCUT2D eigenvalue weighted by atomic mass is 15.1. The van der Waals surface area contributed by atoms with Crippen LogP contribution in [-0.4, -0.2) is 48.6 Å². The Balaban J connectivity index is 2.74. The lowest BCUT2D eigenvalue weighted by Gasteiger charge is -2.16. The summed E-state index contributed by atoms with van der Waals surface area (Å²) in [4.78, 5) is 11.3. The van der Waals surface area contributed by atoms with Gasteiger partial charge in [0.15, 0.2) is 0 Å². The smallest absolute Gasteiger partial charge is 0.134 e. The lowest BCUT2D eigenvalue weighted by Crippen LogP contribution is -2.25. The maximum Gasteiger partial charge on any atom is 0.134 e. The Hall–Kier alpha value is -1.36. The van der Waals surface area contributed by atoms with E-state index in [0.717, 1.165) is 49.1 Å². The summed E-state index contributed by atoms with van der Waals surface area (Å²) in [5.41, 5.74) is 1.08. The van der Waals surface area contributed by atoms with Crippen LogP contribution in [0.15, 0.2) is 0 Å². The minimum atomic E-state index is 0.846. The van der Waals surface area contributed by atoms with Crippen molar-refractivity contribution in [1.82, 2.24) is 14.9 Å². The van der Waals surface area contributed by atoms with E-state index >= 15 is 0 Å². The van der Waals surface area contributed by atoms with Gasteiger partial charge >= 0.3 is 0 Å². The molecule has 0 aliphatic carbocycles. The molecule has 0 aromatic carbocycles. The second kappa shape index (κ2) is 7.16. The number of hydrogen-bond donors (Lipinski definition) is 2. The Bertz CT molecular complexity index is 378. The Kier molecular flexibility index (Phi) is 5.85. The molecule has 5 nitrogen and oxygen atoms in total. The van der Waals surface area contributed by atoms with E-state index < -0.39 is 0 Å². The van der Waals surface area contributed by atoms with Crippen LogP contribution in [0.1, 0.15) is 25.2 Å². The van der Waals surface area contributed by atoms with Gasteiger partial charge in [0.2, 0.25) is 0 Å². The normalized spacial score (nSPS) is 10.8. The fourth-order valence-corrected chi connectivity index (χ4v) is 1.66. The van der Waals surface area contributed by atoms with Crippen LogP contribution in [0.3, 0.4) is 0 Å². The highest BCUT2D eigenvalue weighted by molar-refractivity contribution is 5.56. The Morgan fingerprint density at radius 3 is 2.39 bits per heavy atom. The summed E-state index contributed by atoms with van der Waals surface area (Å²) in [6, 6.07) is 0. The summed E-state index contributed by atoms with van der Waals surface area (Å²) in [7, 11) is 4.01. The number of rotatable bonds is 7. The highest BCUT2D eigenvalue weighted by Crippen LogP contribution is 2.19. The van der Waals surface area contributed by atoms with Crippen molar-refractivity contribution in [3.05, 3.63) is 11.4 Å². The molecule has 18 heavy (non-hydrogen) atoms. The summed E-state index contributed by atoms with van der Waals surface area (Å²) in [6.07, 6.45) is 0.846. The molecule has 1 rings (SSSR count). The third-order valence-corrected chi connectivity index (χ3v) is 3.07. The van der Waals surface area contributed by atoms with Gasteiger partial charge in [-0.2, -0.15) is 0 Å². The molecule has 102 valence electrons. The highest BCUT2D eigenvalue weighted by Gasteiger charge is 2.08. The fourth-order valence-electron chi connectivity index (χ4n) is 1.66. The summed E-state index contributed by atoms with van der Waals surface area (Å²) in [5, 5.41) is 6.51. The van der Waals surface area contributed by atoms with Crippen molar-refractivity contribution in [2.24, 2.45) is 0 Å². The number of aromatic nitrogens is 2. The topological polar surface area (TPSA) is 53.1 Å². The van der Waals surface area contributed by atoms with Gasteiger partial charge in [0.25, 0.3) is 0 Å². The standard InChI is InChI=1S/C13H25N5/c1-6-11-16-12(14-4)10(3)13(17-11)15-8-9-18(5)7-2/h6-9H2,1-5H3,(H2,14,15,16,17). The molecule has 0 spiro atoms. The Labute approximate surface area is 110 Å². The first-order valence-electron chi connectivity index (χ1n) is 6.60. The van der Waals surface area contributed by atoms with E-state index in [-0.39, 0.29) is 0 Å². The molecule has 2 N–H and O–H groups in total. The first-order valence-corrected chi connectivity index (χ1v) is 6.60. The summed E-state index contributed by atoms with van der Waals surface area (Å²) >= 11 is 0. The molecule has 0 fully saturated rings. The minimum Gasteiger partial charge on any atom is -0.373 e. The van der Waals surface area contributed by atoms with Gasteiger partial charge in [-0.05, 0) is 20.5 Å². The van der Waals surface area contributed by atoms with E-state index in [9.17, 15) is 0 Å². The van der Waals surface area contributed by atoms with Gasteiger partial charge in [-0.25, -0.2) is 9.97 Å². The molecule has 0 saturated carbocycles. The van der Waals surface area contributed by atoms with Crippen molar-refractivity contribution in [1.29, 1.82) is 0 Å². The van der Waals surface area contributed by atoms with Gasteiger partial charge < -0.3 is 15.5 Å². The van der Waals surface area contributed by atoms with E-state index in [1.165, 1.54) is 0 Å². The van der Waals surface area contributed by atoms with E-state index in [4.69, 9.17) is 0 Å². The number of nitrogens with one attached hydrogen (secondary N) is 2. The van der Waals surface area contributed by atoms with Crippen LogP contribution in [0.2, 0.25) is 0 Å². The largest absolute Gasteiger partial charge is 0.373 e. The maximum absolute atomic E-state index is 4.54. The van der Waals surface area contributed by atoms with Gasteiger partial charge in [0, 0.05) is 32.1 Å². The van der Waals surface area contributed by atoms with E-state index in [2.05, 4.69) is 46.4 Å². The molecule has 0 aliphatic heterocycles. The molecule has 1 aromatic heterocycles. The molecule has 1 aromatic rings. The number of anilines is 2. The summed E-state index contributed by atoms with van der Waals surface area (Å²) in [6.45, 7) is 9.23. The zero-order chi connectivity index (χ0) is 13.5. The zero-order valence-electron chi connectivity index (χ0n) is 12.2. The molecule has 1 heterocycles. The molecular formula is C13H25N5. The molecular weight excluding hydrogens is 226 g/mol. The molecule has 0 bridgehead atoms. The van der Waals surface area contributed by atoms with Crippen LogP contribution in [0.4, 0.5) is 11.6 Å². The quantitative estimate of drug-likeness (QED) is 0.773. The summed E-state index contributed by atoms with van der Waals surface area (Å²) in [5.74, 6) is 2.72. The average Bonchev–Trinajstić information content (AvgIpc) is 2.40. The van der Waals surface area contributed by atoms with E-state index in [1.54, 1.807) is 0 Å². The third-order valence-electron chi connectivity index (χ3n) is 3.07. The van der Waals surface area contributed by atoms with E-state index in [0.29, 0.717) is 0 Å². The van der Waals surface area contributed by atoms with Crippen molar-refractivity contribution in [3.63, 3.8) is 0 Å². The second-order valence-corrected chi connectivity index (χ2v) is 4.39. The molecule has 0 unspecified atom stereocenters. The van der Waals surface area contributed by atoms with Crippen molar-refractivity contribution in [3.8, 4) is 0 Å². The first-order chi connectivity index (χ1) is 8.62. The minimum absolute atomic E-state index is 0.846. The molecule has 0 saturated heterocycles. The maximum atomic E-state index is 4.54. The number of aryl methyl sites for hydroxylation is 1. The Morgan fingerprint density at radius 2 is 1.83 bits per heavy atom. The van der Waals surface area contributed by atoms with Crippen molar-refractivity contribution in [2.75, 3.05) is 44.4 Å². The van der Waals surface area contributed by atoms with Crippen LogP contribution >= 0.6 is 0 Å². The van der Waals surface area contributed by atoms with Gasteiger partial charge in [-0.15, -0.1) is 0 Å². The molecule has 0 atom stereocenters. The molecule has 0 aliphatic rings. The van der Waals surface area contributed by atoms with Crippen LogP contribution < -0.4 is 10.6 Å². The monoisotopic (exact) mass is 251 g/mol. The van der Waals surface area contributed by atoms with Gasteiger partial charge in [0.1, 0.15) is 17.5 Å². The fraction of sp³-hybridized carbons (Fsp3) is 0.692. The lowest BCUT2D eigenvalue weighted by molar-refractivity contribution is 0.367. The number of nitrogens with zero attached hydrogens (tertiary/aromatic N) is 3.